The number of imidazole rings is 2. The number of fused-ring (bicyclic) bond motifs is 4. The Kier molecular flexibility index (Phi) is 12.6. The van der Waals surface area contributed by atoms with Crippen molar-refractivity contribution in [2.24, 2.45) is 0 Å². The first-order valence-corrected chi connectivity index (χ1v) is 22.7. The summed E-state index contributed by atoms with van der Waals surface area (Å²) < 4.78 is 86.3. The van der Waals surface area contributed by atoms with Gasteiger partial charge in [-0.2, -0.15) is 0 Å². The van der Waals surface area contributed by atoms with Crippen molar-refractivity contribution in [1.82, 2.24) is 34.0 Å². The summed E-state index contributed by atoms with van der Waals surface area (Å²) >= 11 is 11.9. The van der Waals surface area contributed by atoms with E-state index in [9.17, 15) is 18.4 Å². The van der Waals surface area contributed by atoms with Gasteiger partial charge in [0.1, 0.15) is 41.0 Å². The van der Waals surface area contributed by atoms with E-state index in [0.717, 1.165) is 17.8 Å². The number of hydrogen-bond acceptors (Lipinski definition) is 15. The van der Waals surface area contributed by atoms with E-state index in [-0.39, 0.29) is 57.3 Å². The van der Waals surface area contributed by atoms with Crippen LogP contribution in [0.15, 0.2) is 94.8 Å². The number of para-hydroxylation sites is 1. The molecular weight excluding hydrogens is 960 g/mol. The number of rotatable bonds is 11. The highest BCUT2D eigenvalue weighted by molar-refractivity contribution is 6.30. The molecule has 3 aliphatic heterocycles. The second kappa shape index (κ2) is 19.0. The number of ether oxygens (including phenoxy) is 5. The van der Waals surface area contributed by atoms with Crippen LogP contribution in [0.25, 0.3) is 22.1 Å². The Bertz CT molecular complexity index is 3260. The van der Waals surface area contributed by atoms with Crippen LogP contribution in [0.1, 0.15) is 56.2 Å². The summed E-state index contributed by atoms with van der Waals surface area (Å²) in [5, 5.41) is 0.283. The lowest BCUT2D eigenvalue weighted by molar-refractivity contribution is -0.0706. The normalized spacial score (nSPS) is 18.5. The quantitative estimate of drug-likeness (QED) is 0.0894. The maximum absolute atomic E-state index is 15.4. The molecule has 17 nitrogen and oxygen atoms in total. The van der Waals surface area contributed by atoms with Crippen molar-refractivity contribution < 1.29 is 55.3 Å². The average Bonchev–Trinajstić information content (AvgIpc) is 4.23. The predicted molar refractivity (Wildman–Crippen MR) is 245 cm³/mol. The minimum Gasteiger partial charge on any atom is -0.465 e. The Hall–Kier alpha value is -7.13. The first-order chi connectivity index (χ1) is 33.9. The summed E-state index contributed by atoms with van der Waals surface area (Å²) in [6.07, 6.45) is 5.63. The van der Waals surface area contributed by atoms with E-state index in [1.165, 1.54) is 51.7 Å². The van der Waals surface area contributed by atoms with E-state index in [2.05, 4.69) is 29.5 Å². The van der Waals surface area contributed by atoms with E-state index < -0.39 is 35.2 Å². The Morgan fingerprint density at radius 2 is 1.37 bits per heavy atom. The summed E-state index contributed by atoms with van der Waals surface area (Å²) in [5.41, 5.74) is 3.70. The van der Waals surface area contributed by atoms with Gasteiger partial charge in [-0.05, 0) is 54.6 Å². The lowest BCUT2D eigenvalue weighted by Gasteiger charge is -2.44. The molecule has 8 aromatic rings. The molecule has 2 fully saturated rings. The molecule has 0 unspecified atom stereocenters. The third-order valence-electron chi connectivity index (χ3n) is 12.5. The number of methoxy groups -OCH3 is 2. The summed E-state index contributed by atoms with van der Waals surface area (Å²) in [7, 11) is 2.49. The fraction of sp³-hybridized carbons (Fsp3) is 0.292. The van der Waals surface area contributed by atoms with Crippen LogP contribution < -0.4 is 14.4 Å². The summed E-state index contributed by atoms with van der Waals surface area (Å²) in [6.45, 7) is 4.83. The zero-order valence-electron chi connectivity index (χ0n) is 37.5. The third-order valence-corrected chi connectivity index (χ3v) is 13.0. The number of carbonyl (C=O) groups excluding carboxylic acids is 2. The van der Waals surface area contributed by atoms with Crippen molar-refractivity contribution >= 4 is 62.9 Å². The van der Waals surface area contributed by atoms with E-state index >= 15 is 4.39 Å². The third kappa shape index (κ3) is 8.64. The van der Waals surface area contributed by atoms with Gasteiger partial charge in [0.25, 0.3) is 5.79 Å². The molecule has 70 heavy (non-hydrogen) atoms. The monoisotopic (exact) mass is 1000 g/mol. The maximum atomic E-state index is 15.4. The van der Waals surface area contributed by atoms with Gasteiger partial charge in [0.15, 0.2) is 35.9 Å². The minimum atomic E-state index is -1.38. The van der Waals surface area contributed by atoms with Crippen molar-refractivity contribution in [3.05, 3.63) is 148 Å². The van der Waals surface area contributed by atoms with Gasteiger partial charge in [-0.3, -0.25) is 4.90 Å². The van der Waals surface area contributed by atoms with Gasteiger partial charge in [0.2, 0.25) is 0 Å². The Morgan fingerprint density at radius 3 is 1.96 bits per heavy atom. The molecule has 11 rings (SSSR count). The average molecular weight is 1000 g/mol. The summed E-state index contributed by atoms with van der Waals surface area (Å²) in [4.78, 5) is 45.7. The Labute approximate surface area is 406 Å². The van der Waals surface area contributed by atoms with Gasteiger partial charge < -0.3 is 46.6 Å². The Balaban J connectivity index is 0.000000215. The van der Waals surface area contributed by atoms with E-state index in [1.54, 1.807) is 35.8 Å². The number of oxazole rings is 2. The highest BCUT2D eigenvalue weighted by Crippen LogP contribution is 2.51. The van der Waals surface area contributed by atoms with Crippen LogP contribution in [0.4, 0.5) is 18.9 Å². The van der Waals surface area contributed by atoms with Crippen LogP contribution in [0.2, 0.25) is 5.02 Å². The lowest BCUT2D eigenvalue weighted by Crippen LogP contribution is -2.59. The fourth-order valence-electron chi connectivity index (χ4n) is 9.19. The zero-order chi connectivity index (χ0) is 48.8. The molecule has 4 aromatic carbocycles. The number of halogens is 5. The first kappa shape index (κ1) is 46.6. The topological polar surface area (TPSA) is 174 Å². The molecule has 362 valence electrons. The number of piperazine rings is 1. The van der Waals surface area contributed by atoms with Crippen LogP contribution in [0, 0.1) is 17.5 Å². The van der Waals surface area contributed by atoms with E-state index in [1.807, 2.05) is 16.7 Å². The van der Waals surface area contributed by atoms with Crippen LogP contribution in [0.3, 0.4) is 0 Å². The predicted octanol–water partition coefficient (Wildman–Crippen LogP) is 8.26. The van der Waals surface area contributed by atoms with Crippen LogP contribution in [0.5, 0.6) is 11.5 Å². The van der Waals surface area contributed by atoms with Crippen molar-refractivity contribution in [2.75, 3.05) is 45.4 Å². The molecule has 2 saturated heterocycles. The summed E-state index contributed by atoms with van der Waals surface area (Å²) in [5.74, 6) is -2.19. The van der Waals surface area contributed by atoms with Gasteiger partial charge in [-0.1, -0.05) is 17.7 Å². The SMILES string of the molecule is COC(=O)c1cc(F)c2nc(CCl)n(Cc3cocn3)c2c1.COC(=O)c1cc(F)c2nc(CN3CCN(c4cccc5c4O[C@](C)(c4ccc(Cl)cc4F)O5)[C@H]4COC[C@H]43)n(Cc3cocn3)c2c1. The van der Waals surface area contributed by atoms with Crippen molar-refractivity contribution in [2.45, 2.75) is 50.3 Å². The molecule has 4 aromatic heterocycles. The summed E-state index contributed by atoms with van der Waals surface area (Å²) in [6, 6.07) is 15.3. The second-order valence-corrected chi connectivity index (χ2v) is 17.4. The standard InChI is InChI=1S/C34H30ClF2N5O6.C14H11ClFN3O3/c1-34(22-7-6-20(35)12-23(22)36)47-29-5-3-4-25(32(29)48-34)41-9-8-40(27-16-45-17-28(27)41)14-30-39-31-24(37)10-19(33(43)44-2)11-26(31)42(30)13-21-15-46-18-38-21;1-21-14(20)8-2-10(16)13-11(3-8)19(12(4-15)18-13)5-9-6-22-7-17-9/h3-7,10-12,15,18,27-28H,8-9,13-14,16-17H2,1-2H3;2-3,6-7H,4-5H2,1H3/t27-,28+,34-;/m1./s1. The molecule has 0 amide bonds. The zero-order valence-corrected chi connectivity index (χ0v) is 39.0. The van der Waals surface area contributed by atoms with Gasteiger partial charge in [-0.15, -0.1) is 11.6 Å². The molecule has 7 heterocycles. The molecule has 22 heteroatoms. The van der Waals surface area contributed by atoms with Crippen LogP contribution in [-0.4, -0.2) is 98.5 Å². The number of anilines is 1. The molecule has 0 bridgehead atoms. The molecule has 0 aliphatic carbocycles. The van der Waals surface area contributed by atoms with Crippen LogP contribution in [-0.2, 0) is 45.5 Å². The molecule has 3 atom stereocenters. The van der Waals surface area contributed by atoms with Crippen molar-refractivity contribution in [1.29, 1.82) is 0 Å². The number of hydrogen-bond donors (Lipinski definition) is 0. The lowest BCUT2D eigenvalue weighted by atomic mass is 10.0. The number of nitrogens with zero attached hydrogens (tertiary/aromatic N) is 8. The van der Waals surface area contributed by atoms with Crippen molar-refractivity contribution in [3.63, 3.8) is 0 Å². The van der Waals surface area contributed by atoms with E-state index in [0.29, 0.717) is 85.0 Å². The minimum absolute atomic E-state index is 0.0344. The smallest absolute Gasteiger partial charge is 0.338 e. The number of esters is 2. The highest BCUT2D eigenvalue weighted by Gasteiger charge is 2.46. The molecule has 0 saturated carbocycles. The highest BCUT2D eigenvalue weighted by atomic mass is 35.5. The molecule has 3 aliphatic rings. The van der Waals surface area contributed by atoms with Crippen LogP contribution >= 0.6 is 23.2 Å². The largest absolute Gasteiger partial charge is 0.465 e. The number of carbonyl (C=O) groups is 2. The van der Waals surface area contributed by atoms with Gasteiger partial charge >= 0.3 is 11.9 Å². The van der Waals surface area contributed by atoms with Gasteiger partial charge in [0.05, 0.1) is 110 Å². The molecule has 0 spiro atoms. The van der Waals surface area contributed by atoms with Gasteiger partial charge in [0, 0.05) is 25.0 Å². The van der Waals surface area contributed by atoms with Crippen molar-refractivity contribution in [3.8, 4) is 11.5 Å². The number of alkyl halides is 1. The number of aromatic nitrogens is 6. The van der Waals surface area contributed by atoms with E-state index in [4.69, 9.17) is 56.0 Å². The van der Waals surface area contributed by atoms with Gasteiger partial charge in [-0.25, -0.2) is 42.7 Å². The fourth-order valence-corrected chi connectivity index (χ4v) is 9.55. The second-order valence-electron chi connectivity index (χ2n) is 16.7. The molecule has 0 N–H and O–H groups in total. The molecule has 0 radical (unpaired) electrons. The Morgan fingerprint density at radius 1 is 0.757 bits per heavy atom. The molecular formula is C48H41Cl2F3N8O9. The number of benzene rings is 4. The first-order valence-electron chi connectivity index (χ1n) is 21.7. The maximum Gasteiger partial charge on any atom is 0.338 e.